The van der Waals surface area contributed by atoms with Crippen molar-refractivity contribution in [2.75, 3.05) is 18.8 Å². The van der Waals surface area contributed by atoms with E-state index >= 15 is 0 Å². The van der Waals surface area contributed by atoms with E-state index in [9.17, 15) is 9.18 Å². The minimum absolute atomic E-state index is 0.0578. The van der Waals surface area contributed by atoms with E-state index in [1.807, 2.05) is 0 Å². The molecule has 0 saturated carbocycles. The van der Waals surface area contributed by atoms with E-state index in [2.05, 4.69) is 0 Å². The number of benzene rings is 1. The third-order valence-corrected chi connectivity index (χ3v) is 3.61. The molecule has 1 amide bonds. The molecule has 0 radical (unpaired) electrons. The highest BCUT2D eigenvalue weighted by atomic mass is 32.2. The Bertz CT molecular complexity index is 390. The third kappa shape index (κ3) is 3.44. The van der Waals surface area contributed by atoms with E-state index in [1.165, 1.54) is 23.9 Å². The largest absolute Gasteiger partial charge is 0.389 e. The number of aliphatic hydroxyl groups is 1. The zero-order valence-electron chi connectivity index (χ0n) is 9.30. The van der Waals surface area contributed by atoms with Crippen molar-refractivity contribution in [3.8, 4) is 0 Å². The first-order chi connectivity index (χ1) is 8.15. The molecule has 0 spiro atoms. The predicted molar refractivity (Wildman–Crippen MR) is 65.1 cm³/mol. The molecule has 17 heavy (non-hydrogen) atoms. The Morgan fingerprint density at radius 2 is 2.06 bits per heavy atom. The number of nitrogens with zero attached hydrogens (tertiary/aromatic N) is 1. The number of aliphatic hydroxyl groups excluding tert-OH is 1. The van der Waals surface area contributed by atoms with Crippen LogP contribution in [0.1, 0.15) is 5.56 Å². The van der Waals surface area contributed by atoms with Crippen LogP contribution in [0.5, 0.6) is 0 Å². The van der Waals surface area contributed by atoms with Crippen LogP contribution in [0.3, 0.4) is 0 Å². The van der Waals surface area contributed by atoms with Crippen molar-refractivity contribution in [2.24, 2.45) is 0 Å². The van der Waals surface area contributed by atoms with E-state index in [1.54, 1.807) is 17.0 Å². The summed E-state index contributed by atoms with van der Waals surface area (Å²) >= 11 is 1.50. The summed E-state index contributed by atoms with van der Waals surface area (Å²) in [5.74, 6) is 0.916. The molecule has 1 aliphatic heterocycles. The van der Waals surface area contributed by atoms with Crippen LogP contribution in [0.4, 0.5) is 4.39 Å². The fourth-order valence-corrected chi connectivity index (χ4v) is 2.47. The van der Waals surface area contributed by atoms with Gasteiger partial charge in [-0.3, -0.25) is 4.79 Å². The summed E-state index contributed by atoms with van der Waals surface area (Å²) in [6, 6.07) is 6.29. The fraction of sp³-hybridized carbons (Fsp3) is 0.417. The summed E-state index contributed by atoms with van der Waals surface area (Å²) < 4.78 is 12.6. The molecular formula is C12H14FNO2S. The van der Waals surface area contributed by atoms with E-state index in [0.29, 0.717) is 24.6 Å². The van der Waals surface area contributed by atoms with Crippen molar-refractivity contribution in [3.63, 3.8) is 0 Å². The number of amides is 1. The maximum atomic E-state index is 12.6. The molecule has 0 bridgehead atoms. The SMILES string of the molecule is O=C(CSCc1ccc(F)cc1)N1CC(O)C1. The maximum absolute atomic E-state index is 12.6. The average molecular weight is 255 g/mol. The standard InChI is InChI=1S/C12H14FNO2S/c13-10-3-1-9(2-4-10)7-17-8-12(16)14-5-11(15)6-14/h1-4,11,15H,5-8H2. The van der Waals surface area contributed by atoms with E-state index in [-0.39, 0.29) is 17.8 Å². The molecule has 2 rings (SSSR count). The van der Waals surface area contributed by atoms with Gasteiger partial charge in [0, 0.05) is 18.8 Å². The molecule has 0 unspecified atom stereocenters. The van der Waals surface area contributed by atoms with Crippen LogP contribution in [-0.2, 0) is 10.5 Å². The first-order valence-electron chi connectivity index (χ1n) is 5.43. The van der Waals surface area contributed by atoms with Gasteiger partial charge in [0.2, 0.25) is 5.91 Å². The molecule has 1 heterocycles. The molecule has 1 aromatic rings. The van der Waals surface area contributed by atoms with Gasteiger partial charge in [0.05, 0.1) is 11.9 Å². The molecule has 1 aromatic carbocycles. The summed E-state index contributed by atoms with van der Waals surface area (Å²) in [5, 5.41) is 9.06. The number of β-amino-alcohol motifs (C(OH)–C–C–N with tert-alkyl or cyclic N) is 1. The van der Waals surface area contributed by atoms with Crippen molar-refractivity contribution < 1.29 is 14.3 Å². The number of rotatable bonds is 4. The van der Waals surface area contributed by atoms with E-state index in [4.69, 9.17) is 5.11 Å². The van der Waals surface area contributed by atoms with Crippen molar-refractivity contribution >= 4 is 17.7 Å². The van der Waals surface area contributed by atoms with Gasteiger partial charge < -0.3 is 10.0 Å². The molecule has 0 aliphatic carbocycles. The molecule has 5 heteroatoms. The quantitative estimate of drug-likeness (QED) is 0.880. The van der Waals surface area contributed by atoms with Crippen LogP contribution in [-0.4, -0.2) is 40.9 Å². The summed E-state index contributed by atoms with van der Waals surface area (Å²) in [6.07, 6.45) is -0.346. The fourth-order valence-electron chi connectivity index (χ4n) is 1.59. The second-order valence-corrected chi connectivity index (χ2v) is 5.06. The van der Waals surface area contributed by atoms with Gasteiger partial charge in [0.25, 0.3) is 0 Å². The Morgan fingerprint density at radius 1 is 1.41 bits per heavy atom. The molecule has 92 valence electrons. The maximum Gasteiger partial charge on any atom is 0.232 e. The van der Waals surface area contributed by atoms with Gasteiger partial charge in [0.1, 0.15) is 5.82 Å². The Kier molecular flexibility index (Phi) is 4.02. The molecule has 3 nitrogen and oxygen atoms in total. The second kappa shape index (κ2) is 5.51. The van der Waals surface area contributed by atoms with Gasteiger partial charge in [-0.1, -0.05) is 12.1 Å². The predicted octanol–water partition coefficient (Wildman–Crippen LogP) is 1.26. The monoisotopic (exact) mass is 255 g/mol. The zero-order valence-corrected chi connectivity index (χ0v) is 10.1. The van der Waals surface area contributed by atoms with E-state index in [0.717, 1.165) is 5.56 Å². The highest BCUT2D eigenvalue weighted by Crippen LogP contribution is 2.15. The molecule has 1 aliphatic rings. The number of thioether (sulfide) groups is 1. The first kappa shape index (κ1) is 12.4. The summed E-state index contributed by atoms with van der Waals surface area (Å²) in [4.78, 5) is 13.2. The number of halogens is 1. The highest BCUT2D eigenvalue weighted by molar-refractivity contribution is 7.99. The Morgan fingerprint density at radius 3 is 2.65 bits per heavy atom. The smallest absolute Gasteiger partial charge is 0.232 e. The minimum Gasteiger partial charge on any atom is -0.389 e. The molecular weight excluding hydrogens is 241 g/mol. The number of hydrogen-bond acceptors (Lipinski definition) is 3. The number of carbonyl (C=O) groups is 1. The Labute approximate surface area is 104 Å². The molecule has 1 N–H and O–H groups in total. The topological polar surface area (TPSA) is 40.5 Å². The normalized spacial score (nSPS) is 15.8. The van der Waals surface area contributed by atoms with E-state index < -0.39 is 0 Å². The zero-order chi connectivity index (χ0) is 12.3. The molecule has 0 atom stereocenters. The number of likely N-dealkylation sites (tertiary alicyclic amines) is 1. The molecule has 1 fully saturated rings. The van der Waals surface area contributed by atoms with Crippen molar-refractivity contribution in [3.05, 3.63) is 35.6 Å². The van der Waals surface area contributed by atoms with Gasteiger partial charge >= 0.3 is 0 Å². The average Bonchev–Trinajstić information content (AvgIpc) is 2.27. The summed E-state index contributed by atoms with van der Waals surface area (Å²) in [6.45, 7) is 0.909. The van der Waals surface area contributed by atoms with Crippen molar-refractivity contribution in [1.29, 1.82) is 0 Å². The summed E-state index contributed by atoms with van der Waals surface area (Å²) in [5.41, 5.74) is 1.01. The lowest BCUT2D eigenvalue weighted by Crippen LogP contribution is -2.54. The van der Waals surface area contributed by atoms with Gasteiger partial charge in [-0.25, -0.2) is 4.39 Å². The molecule has 0 aromatic heterocycles. The van der Waals surface area contributed by atoms with Crippen LogP contribution in [0.2, 0.25) is 0 Å². The van der Waals surface area contributed by atoms with Crippen molar-refractivity contribution in [1.82, 2.24) is 4.90 Å². The third-order valence-electron chi connectivity index (χ3n) is 2.62. The van der Waals surface area contributed by atoms with Crippen molar-refractivity contribution in [2.45, 2.75) is 11.9 Å². The lowest BCUT2D eigenvalue weighted by atomic mass is 10.2. The van der Waals surface area contributed by atoms with Crippen LogP contribution in [0, 0.1) is 5.82 Å². The highest BCUT2D eigenvalue weighted by Gasteiger charge is 2.28. The van der Waals surface area contributed by atoms with Crippen LogP contribution in [0.25, 0.3) is 0 Å². The van der Waals surface area contributed by atoms with Crippen LogP contribution >= 0.6 is 11.8 Å². The first-order valence-corrected chi connectivity index (χ1v) is 6.58. The van der Waals surface area contributed by atoms with Gasteiger partial charge in [-0.15, -0.1) is 11.8 Å². The Hall–Kier alpha value is -1.07. The minimum atomic E-state index is -0.346. The second-order valence-electron chi connectivity index (χ2n) is 4.07. The number of hydrogen-bond donors (Lipinski definition) is 1. The summed E-state index contributed by atoms with van der Waals surface area (Å²) in [7, 11) is 0. The van der Waals surface area contributed by atoms with Gasteiger partial charge in [0.15, 0.2) is 0 Å². The van der Waals surface area contributed by atoms with Crippen LogP contribution < -0.4 is 0 Å². The van der Waals surface area contributed by atoms with Gasteiger partial charge in [-0.05, 0) is 17.7 Å². The number of carbonyl (C=O) groups excluding carboxylic acids is 1. The Balaban J connectivity index is 1.69. The van der Waals surface area contributed by atoms with Gasteiger partial charge in [-0.2, -0.15) is 0 Å². The van der Waals surface area contributed by atoms with Crippen LogP contribution in [0.15, 0.2) is 24.3 Å². The lowest BCUT2D eigenvalue weighted by Gasteiger charge is -2.35. The lowest BCUT2D eigenvalue weighted by molar-refractivity contribution is -0.138. The molecule has 1 saturated heterocycles.